The molecule has 0 saturated carbocycles. The summed E-state index contributed by atoms with van der Waals surface area (Å²) in [5.41, 5.74) is -0.227. The normalized spacial score (nSPS) is 13.1. The lowest BCUT2D eigenvalue weighted by atomic mass is 9.97. The average molecular weight is 268 g/mol. The lowest BCUT2D eigenvalue weighted by Crippen LogP contribution is -2.23. The molecule has 1 aromatic rings. The van der Waals surface area contributed by atoms with Crippen molar-refractivity contribution in [3.63, 3.8) is 0 Å². The molecule has 0 N–H and O–H groups in total. The number of hydrogen-bond donors (Lipinski definition) is 0. The van der Waals surface area contributed by atoms with Crippen LogP contribution in [0.4, 0.5) is 0 Å². The fourth-order valence-electron chi connectivity index (χ4n) is 1.15. The molecule has 1 aromatic heterocycles. The average Bonchev–Trinajstić information content (AvgIpc) is 2.81. The molecule has 0 aliphatic carbocycles. The van der Waals surface area contributed by atoms with Gasteiger partial charge in [0.15, 0.2) is 12.7 Å². The molecular weight excluding hydrogens is 248 g/mol. The molecule has 1 rings (SSSR count). The third kappa shape index (κ3) is 4.82. The van der Waals surface area contributed by atoms with E-state index in [2.05, 4.69) is 16.8 Å². The maximum absolute atomic E-state index is 11.6. The van der Waals surface area contributed by atoms with Gasteiger partial charge in [-0.05, 0) is 6.92 Å². The van der Waals surface area contributed by atoms with E-state index < -0.39 is 12.1 Å². The fraction of sp³-hybridized carbons (Fsp3) is 0.615. The number of nitrogens with zero attached hydrogens (tertiary/aromatic N) is 2. The number of aromatic nitrogens is 2. The van der Waals surface area contributed by atoms with Crippen LogP contribution in [-0.4, -0.2) is 28.9 Å². The van der Waals surface area contributed by atoms with E-state index in [-0.39, 0.29) is 17.9 Å². The van der Waals surface area contributed by atoms with Gasteiger partial charge in [-0.1, -0.05) is 26.8 Å². The van der Waals surface area contributed by atoms with Crippen LogP contribution >= 0.6 is 0 Å². The van der Waals surface area contributed by atoms with Gasteiger partial charge >= 0.3 is 5.97 Å². The van der Waals surface area contributed by atoms with Crippen LogP contribution in [0.1, 0.15) is 39.5 Å². The predicted octanol–water partition coefficient (Wildman–Crippen LogP) is 2.00. The quantitative estimate of drug-likeness (QED) is 0.580. The minimum atomic E-state index is -0.650. The molecule has 1 heterocycles. The van der Waals surface area contributed by atoms with Gasteiger partial charge in [0, 0.05) is 5.41 Å². The van der Waals surface area contributed by atoms with Crippen molar-refractivity contribution in [2.24, 2.45) is 0 Å². The van der Waals surface area contributed by atoms with Gasteiger partial charge in [0.25, 0.3) is 5.89 Å². The molecule has 1 atom stereocenters. The van der Waals surface area contributed by atoms with Crippen LogP contribution in [0.5, 0.6) is 0 Å². The highest BCUT2D eigenvalue weighted by Gasteiger charge is 2.22. The summed E-state index contributed by atoms with van der Waals surface area (Å²) in [6.07, 6.45) is 0.917. The van der Waals surface area contributed by atoms with Gasteiger partial charge in [0.05, 0.1) is 6.61 Å². The van der Waals surface area contributed by atoms with E-state index in [1.807, 2.05) is 20.8 Å². The summed E-state index contributed by atoms with van der Waals surface area (Å²) >= 11 is 0. The second kappa shape index (κ2) is 6.47. The molecule has 0 bridgehead atoms. The molecule has 0 saturated heterocycles. The summed E-state index contributed by atoms with van der Waals surface area (Å²) in [7, 11) is 0. The Morgan fingerprint density at radius 2 is 2.16 bits per heavy atom. The minimum Gasteiger partial charge on any atom is -0.454 e. The minimum absolute atomic E-state index is 0.0519. The van der Waals surface area contributed by atoms with Gasteiger partial charge in [-0.2, -0.15) is 0 Å². The van der Waals surface area contributed by atoms with E-state index in [1.54, 1.807) is 13.0 Å². The van der Waals surface area contributed by atoms with Crippen LogP contribution in [0, 0.1) is 0 Å². The van der Waals surface area contributed by atoms with E-state index in [4.69, 9.17) is 13.9 Å². The molecule has 0 amide bonds. The number of rotatable bonds is 6. The van der Waals surface area contributed by atoms with Crippen molar-refractivity contribution in [1.29, 1.82) is 0 Å². The molecule has 0 radical (unpaired) electrons. The van der Waals surface area contributed by atoms with Crippen LogP contribution in [0.15, 0.2) is 17.1 Å². The summed E-state index contributed by atoms with van der Waals surface area (Å²) in [5, 5.41) is 7.73. The van der Waals surface area contributed by atoms with E-state index in [1.165, 1.54) is 0 Å². The van der Waals surface area contributed by atoms with Crippen molar-refractivity contribution in [2.75, 3.05) is 6.61 Å². The van der Waals surface area contributed by atoms with Crippen LogP contribution in [0.3, 0.4) is 0 Å². The number of hydrogen-bond acceptors (Lipinski definition) is 6. The Morgan fingerprint density at radius 3 is 2.68 bits per heavy atom. The molecule has 19 heavy (non-hydrogen) atoms. The highest BCUT2D eigenvalue weighted by Crippen LogP contribution is 2.20. The lowest BCUT2D eigenvalue weighted by Gasteiger charge is -2.11. The molecule has 0 spiro atoms. The first-order valence-electron chi connectivity index (χ1n) is 6.06. The van der Waals surface area contributed by atoms with Crippen molar-refractivity contribution in [3.8, 4) is 0 Å². The Hall–Kier alpha value is -1.69. The topological polar surface area (TPSA) is 74.5 Å². The van der Waals surface area contributed by atoms with Gasteiger partial charge in [-0.15, -0.1) is 16.8 Å². The zero-order chi connectivity index (χ0) is 14.5. The monoisotopic (exact) mass is 268 g/mol. The molecule has 0 aliphatic heterocycles. The lowest BCUT2D eigenvalue weighted by molar-refractivity contribution is -0.157. The molecule has 0 fully saturated rings. The molecule has 1 unspecified atom stereocenters. The van der Waals surface area contributed by atoms with Gasteiger partial charge in [-0.3, -0.25) is 0 Å². The van der Waals surface area contributed by atoms with Crippen LogP contribution < -0.4 is 0 Å². The van der Waals surface area contributed by atoms with Gasteiger partial charge in [0.2, 0.25) is 5.89 Å². The fourth-order valence-corrected chi connectivity index (χ4v) is 1.15. The predicted molar refractivity (Wildman–Crippen MR) is 68.4 cm³/mol. The van der Waals surface area contributed by atoms with Gasteiger partial charge < -0.3 is 13.9 Å². The molecule has 6 heteroatoms. The van der Waals surface area contributed by atoms with Crippen LogP contribution in [0.25, 0.3) is 0 Å². The maximum Gasteiger partial charge on any atom is 0.335 e. The third-order valence-electron chi connectivity index (χ3n) is 2.24. The summed E-state index contributed by atoms with van der Waals surface area (Å²) in [6, 6.07) is 0. The zero-order valence-corrected chi connectivity index (χ0v) is 11.8. The third-order valence-corrected chi connectivity index (χ3v) is 2.24. The highest BCUT2D eigenvalue weighted by molar-refractivity contribution is 5.74. The number of carbonyl (C=O) groups excluding carboxylic acids is 1. The van der Waals surface area contributed by atoms with Crippen LogP contribution in [-0.2, 0) is 26.3 Å². The summed E-state index contributed by atoms with van der Waals surface area (Å²) in [5.74, 6) is 0.307. The molecule has 106 valence electrons. The van der Waals surface area contributed by atoms with Crippen molar-refractivity contribution in [2.45, 2.75) is 45.8 Å². The number of ether oxygens (including phenoxy) is 2. The van der Waals surface area contributed by atoms with Crippen molar-refractivity contribution in [3.05, 3.63) is 24.4 Å². The first kappa shape index (κ1) is 15.4. The molecular formula is C13H20N2O4. The Morgan fingerprint density at radius 1 is 1.47 bits per heavy atom. The standard InChI is InChI=1S/C13H20N2O4/c1-6-7-17-9(2)11(16)18-8-10-14-15-12(19-10)13(3,4)5/h6,9H,1,7-8H2,2-5H3. The number of esters is 1. The van der Waals surface area contributed by atoms with Crippen molar-refractivity contribution >= 4 is 5.97 Å². The first-order chi connectivity index (χ1) is 8.84. The second-order valence-corrected chi connectivity index (χ2v) is 5.12. The zero-order valence-electron chi connectivity index (χ0n) is 11.8. The van der Waals surface area contributed by atoms with E-state index in [0.29, 0.717) is 12.5 Å². The smallest absolute Gasteiger partial charge is 0.335 e. The molecule has 6 nitrogen and oxygen atoms in total. The molecule has 0 aromatic carbocycles. The van der Waals surface area contributed by atoms with Crippen molar-refractivity contribution in [1.82, 2.24) is 10.2 Å². The van der Waals surface area contributed by atoms with Crippen molar-refractivity contribution < 1.29 is 18.7 Å². The Bertz CT molecular complexity index is 434. The highest BCUT2D eigenvalue weighted by atomic mass is 16.6. The SMILES string of the molecule is C=CCOC(C)C(=O)OCc1nnc(C(C)(C)C)o1. The summed E-state index contributed by atoms with van der Waals surface area (Å²) in [4.78, 5) is 11.6. The number of carbonyl (C=O) groups is 1. The second-order valence-electron chi connectivity index (χ2n) is 5.12. The van der Waals surface area contributed by atoms with E-state index >= 15 is 0 Å². The summed E-state index contributed by atoms with van der Waals surface area (Å²) in [6.45, 7) is 11.2. The van der Waals surface area contributed by atoms with Gasteiger partial charge in [-0.25, -0.2) is 4.79 Å². The van der Waals surface area contributed by atoms with E-state index in [0.717, 1.165) is 0 Å². The Labute approximate surface area is 112 Å². The first-order valence-corrected chi connectivity index (χ1v) is 6.06. The molecule has 0 aliphatic rings. The largest absolute Gasteiger partial charge is 0.454 e. The van der Waals surface area contributed by atoms with Gasteiger partial charge in [0.1, 0.15) is 0 Å². The Kier molecular flexibility index (Phi) is 5.23. The van der Waals surface area contributed by atoms with E-state index in [9.17, 15) is 4.79 Å². The Balaban J connectivity index is 2.46. The summed E-state index contributed by atoms with van der Waals surface area (Å²) < 4.78 is 15.6. The van der Waals surface area contributed by atoms with Crippen LogP contribution in [0.2, 0.25) is 0 Å². The maximum atomic E-state index is 11.6.